The third-order valence-electron chi connectivity index (χ3n) is 13.5. The molecule has 5 aliphatic rings. The van der Waals surface area contributed by atoms with E-state index in [1.54, 1.807) is 11.1 Å². The zero-order chi connectivity index (χ0) is 33.3. The van der Waals surface area contributed by atoms with Crippen molar-refractivity contribution in [2.45, 2.75) is 37.5 Å². The van der Waals surface area contributed by atoms with Crippen LogP contribution >= 0.6 is 0 Å². The van der Waals surface area contributed by atoms with Crippen LogP contribution < -0.4 is 0 Å². The van der Waals surface area contributed by atoms with Gasteiger partial charge in [-0.3, -0.25) is 4.98 Å². The lowest BCUT2D eigenvalue weighted by Crippen LogP contribution is -2.55. The van der Waals surface area contributed by atoms with Crippen LogP contribution in [0, 0.1) is 23.7 Å². The minimum Gasteiger partial charge on any atom is -0.456 e. The van der Waals surface area contributed by atoms with E-state index in [4.69, 9.17) is 9.40 Å². The largest absolute Gasteiger partial charge is 0.456 e. The molecular weight excluding hydrogens is 619 g/mol. The predicted octanol–water partition coefficient (Wildman–Crippen LogP) is 12.9. The fourth-order valence-corrected chi connectivity index (χ4v) is 11.8. The van der Waals surface area contributed by atoms with E-state index in [2.05, 4.69) is 127 Å². The summed E-state index contributed by atoms with van der Waals surface area (Å²) < 4.78 is 6.35. The topological polar surface area (TPSA) is 26.0 Å². The summed E-state index contributed by atoms with van der Waals surface area (Å²) in [5, 5.41) is 4.88. The van der Waals surface area contributed by atoms with E-state index in [1.807, 2.05) is 12.3 Å². The Morgan fingerprint density at radius 1 is 0.451 bits per heavy atom. The second kappa shape index (κ2) is 10.3. The SMILES string of the molecule is c1ccc(-c2ccc(-c3ccc4c(c3)-c3cc(-c5ccc6c(c5)oc5ccccc56)ccc3C43C4CC5CC(C4)CC3C5)c3ccccc23)nc1. The average molecular weight is 656 g/mol. The van der Waals surface area contributed by atoms with Crippen molar-refractivity contribution in [2.75, 3.05) is 0 Å². The molecule has 0 N–H and O–H groups in total. The minimum atomic E-state index is 0.128. The highest BCUT2D eigenvalue weighted by Crippen LogP contribution is 2.69. The van der Waals surface area contributed by atoms with Gasteiger partial charge in [0.05, 0.1) is 5.69 Å². The van der Waals surface area contributed by atoms with Crippen molar-refractivity contribution in [1.82, 2.24) is 4.98 Å². The third-order valence-corrected chi connectivity index (χ3v) is 13.5. The van der Waals surface area contributed by atoms with Gasteiger partial charge in [-0.15, -0.1) is 0 Å². The smallest absolute Gasteiger partial charge is 0.136 e. The number of nitrogens with zero attached hydrogens (tertiary/aromatic N) is 1. The van der Waals surface area contributed by atoms with Crippen molar-refractivity contribution in [1.29, 1.82) is 0 Å². The summed E-state index contributed by atoms with van der Waals surface area (Å²) in [6, 6.07) is 49.8. The first-order valence-corrected chi connectivity index (χ1v) is 18.9. The summed E-state index contributed by atoms with van der Waals surface area (Å²) in [5.74, 6) is 3.30. The normalized spacial score (nSPS) is 24.2. The highest BCUT2D eigenvalue weighted by atomic mass is 16.3. The van der Waals surface area contributed by atoms with Gasteiger partial charge in [-0.2, -0.15) is 0 Å². The van der Waals surface area contributed by atoms with E-state index >= 15 is 0 Å². The van der Waals surface area contributed by atoms with E-state index in [9.17, 15) is 0 Å². The predicted molar refractivity (Wildman–Crippen MR) is 209 cm³/mol. The Morgan fingerprint density at radius 3 is 1.78 bits per heavy atom. The maximum Gasteiger partial charge on any atom is 0.136 e. The van der Waals surface area contributed by atoms with Gasteiger partial charge in [0.1, 0.15) is 11.2 Å². The summed E-state index contributed by atoms with van der Waals surface area (Å²) in [4.78, 5) is 4.71. The molecule has 2 heterocycles. The van der Waals surface area contributed by atoms with Crippen LogP contribution in [0.4, 0.5) is 0 Å². The minimum absolute atomic E-state index is 0.128. The van der Waals surface area contributed by atoms with Crippen LogP contribution in [0.15, 0.2) is 144 Å². The molecule has 244 valence electrons. The van der Waals surface area contributed by atoms with Crippen molar-refractivity contribution in [3.63, 3.8) is 0 Å². The quantitative estimate of drug-likeness (QED) is 0.189. The third kappa shape index (κ3) is 3.86. The molecular formula is C49H37NO. The van der Waals surface area contributed by atoms with Crippen LogP contribution in [-0.2, 0) is 5.41 Å². The number of benzene rings is 6. The van der Waals surface area contributed by atoms with Crippen LogP contribution in [0.2, 0.25) is 0 Å². The van der Waals surface area contributed by atoms with Crippen LogP contribution in [0.3, 0.4) is 0 Å². The van der Waals surface area contributed by atoms with Gasteiger partial charge in [0, 0.05) is 27.9 Å². The molecule has 6 aromatic carbocycles. The van der Waals surface area contributed by atoms with Crippen LogP contribution in [0.25, 0.3) is 77.3 Å². The van der Waals surface area contributed by atoms with E-state index in [-0.39, 0.29) is 5.41 Å². The maximum absolute atomic E-state index is 6.35. The van der Waals surface area contributed by atoms with E-state index in [0.29, 0.717) is 0 Å². The van der Waals surface area contributed by atoms with Gasteiger partial charge >= 0.3 is 0 Å². The van der Waals surface area contributed by atoms with Crippen LogP contribution in [0.5, 0.6) is 0 Å². The number of para-hydroxylation sites is 1. The Balaban J connectivity index is 1.06. The summed E-state index contributed by atoms with van der Waals surface area (Å²) >= 11 is 0. The lowest BCUT2D eigenvalue weighted by atomic mass is 9.43. The second-order valence-corrected chi connectivity index (χ2v) is 15.9. The number of hydrogen-bond acceptors (Lipinski definition) is 2. The number of furan rings is 1. The zero-order valence-corrected chi connectivity index (χ0v) is 28.5. The first-order valence-electron chi connectivity index (χ1n) is 18.9. The number of fused-ring (bicyclic) bond motifs is 7. The molecule has 4 saturated carbocycles. The number of hydrogen-bond donors (Lipinski definition) is 0. The Bertz CT molecular complexity index is 2690. The number of aromatic nitrogens is 1. The molecule has 0 atom stereocenters. The van der Waals surface area contributed by atoms with Crippen molar-refractivity contribution >= 4 is 32.7 Å². The molecule has 1 spiro atoms. The van der Waals surface area contributed by atoms with Gasteiger partial charge in [0.15, 0.2) is 0 Å². The lowest BCUT2D eigenvalue weighted by Gasteiger charge is -2.61. The maximum atomic E-state index is 6.35. The molecule has 0 amide bonds. The van der Waals surface area contributed by atoms with Crippen molar-refractivity contribution in [3.8, 4) is 44.6 Å². The molecule has 0 saturated heterocycles. The van der Waals surface area contributed by atoms with Crippen LogP contribution in [0.1, 0.15) is 43.2 Å². The molecule has 0 unspecified atom stereocenters. The molecule has 2 nitrogen and oxygen atoms in total. The van der Waals surface area contributed by atoms with E-state index in [0.717, 1.165) is 40.5 Å². The van der Waals surface area contributed by atoms with Gasteiger partial charge in [-0.25, -0.2) is 0 Å². The molecule has 5 aliphatic carbocycles. The van der Waals surface area contributed by atoms with Crippen molar-refractivity contribution < 1.29 is 4.42 Å². The Kier molecular flexibility index (Phi) is 5.70. The highest BCUT2D eigenvalue weighted by molar-refractivity contribution is 6.07. The number of rotatable bonds is 3. The van der Waals surface area contributed by atoms with E-state index < -0.39 is 0 Å². The summed E-state index contributed by atoms with van der Waals surface area (Å²) in [6.45, 7) is 0. The summed E-state index contributed by atoms with van der Waals surface area (Å²) in [6.07, 6.45) is 8.90. The molecule has 2 heteroatoms. The monoisotopic (exact) mass is 655 g/mol. The fourth-order valence-electron chi connectivity index (χ4n) is 11.8. The molecule has 51 heavy (non-hydrogen) atoms. The van der Waals surface area contributed by atoms with Gasteiger partial charge in [-0.1, -0.05) is 91.0 Å². The Morgan fingerprint density at radius 2 is 1.04 bits per heavy atom. The summed E-state index contributed by atoms with van der Waals surface area (Å²) in [5.41, 5.74) is 15.3. The molecule has 8 aromatic rings. The van der Waals surface area contributed by atoms with Gasteiger partial charge < -0.3 is 4.42 Å². The standard InChI is InChI=1S/C49H37NO/c1-2-8-38-37(7-1)36(16-17-39(38)46-10-5-6-20-50-46)33-14-19-45-43(27-33)42-26-31(32-12-15-41-40-9-3-4-11-47(40)51-48(41)28-32)13-18-44(42)49(45)34-22-29-21-30(24-34)25-35(49)23-29/h1-20,26-30,34-35H,21-25H2. The first-order chi connectivity index (χ1) is 25.2. The molecule has 4 fully saturated rings. The highest BCUT2D eigenvalue weighted by Gasteiger charge is 2.61. The molecule has 4 bridgehead atoms. The first kappa shape index (κ1) is 28.3. The van der Waals surface area contributed by atoms with Gasteiger partial charge in [0.25, 0.3) is 0 Å². The summed E-state index contributed by atoms with van der Waals surface area (Å²) in [7, 11) is 0. The number of pyridine rings is 1. The van der Waals surface area contributed by atoms with E-state index in [1.165, 1.54) is 92.6 Å². The van der Waals surface area contributed by atoms with Crippen molar-refractivity contribution in [3.05, 3.63) is 151 Å². The zero-order valence-electron chi connectivity index (χ0n) is 28.5. The molecule has 0 aliphatic heterocycles. The molecule has 0 radical (unpaired) electrons. The lowest BCUT2D eigenvalue weighted by molar-refractivity contribution is -0.0399. The van der Waals surface area contributed by atoms with Crippen LogP contribution in [-0.4, -0.2) is 4.98 Å². The van der Waals surface area contributed by atoms with Gasteiger partial charge in [0.2, 0.25) is 0 Å². The molecule has 2 aromatic heterocycles. The average Bonchev–Trinajstić information content (AvgIpc) is 3.69. The Hall–Kier alpha value is -5.47. The second-order valence-electron chi connectivity index (χ2n) is 15.9. The van der Waals surface area contributed by atoms with Gasteiger partial charge in [-0.05, 0) is 154 Å². The fraction of sp³-hybridized carbons (Fsp3) is 0.204. The Labute approximate surface area is 297 Å². The molecule has 13 rings (SSSR count). The van der Waals surface area contributed by atoms with Crippen molar-refractivity contribution in [2.24, 2.45) is 23.7 Å².